The van der Waals surface area contributed by atoms with Crippen molar-refractivity contribution in [2.75, 3.05) is 25.5 Å². The van der Waals surface area contributed by atoms with Gasteiger partial charge in [0.2, 0.25) is 0 Å². The van der Waals surface area contributed by atoms with E-state index in [1.54, 1.807) is 12.1 Å². The first-order valence-electron chi connectivity index (χ1n) is 4.95. The van der Waals surface area contributed by atoms with Crippen LogP contribution in [-0.4, -0.2) is 31.2 Å². The molecule has 4 heteroatoms. The summed E-state index contributed by atoms with van der Waals surface area (Å²) in [6.07, 6.45) is 0.584. The number of nitrogens with one attached hydrogen (secondary N) is 2. The van der Waals surface area contributed by atoms with E-state index in [4.69, 9.17) is 5.11 Å². The Morgan fingerprint density at radius 3 is 2.53 bits per heavy atom. The van der Waals surface area contributed by atoms with Crippen LogP contribution in [0.15, 0.2) is 24.3 Å². The summed E-state index contributed by atoms with van der Waals surface area (Å²) in [5, 5.41) is 14.3. The van der Waals surface area contributed by atoms with E-state index >= 15 is 0 Å². The average Bonchev–Trinajstić information content (AvgIpc) is 2.29. The lowest BCUT2D eigenvalue weighted by molar-refractivity contribution is 0.0951. The largest absolute Gasteiger partial charge is 0.396 e. The molecule has 4 nitrogen and oxygen atoms in total. The van der Waals surface area contributed by atoms with Gasteiger partial charge in [-0.15, -0.1) is 0 Å². The number of hydrogen-bond donors (Lipinski definition) is 3. The summed E-state index contributed by atoms with van der Waals surface area (Å²) >= 11 is 0. The highest BCUT2D eigenvalue weighted by atomic mass is 16.3. The first-order chi connectivity index (χ1) is 7.27. The molecule has 0 radical (unpaired) electrons. The van der Waals surface area contributed by atoms with E-state index in [0.29, 0.717) is 18.5 Å². The van der Waals surface area contributed by atoms with Crippen molar-refractivity contribution in [2.45, 2.75) is 6.42 Å². The fraction of sp³-hybridized carbons (Fsp3) is 0.364. The molecule has 15 heavy (non-hydrogen) atoms. The minimum absolute atomic E-state index is 0.0962. The van der Waals surface area contributed by atoms with Crippen molar-refractivity contribution in [3.63, 3.8) is 0 Å². The maximum Gasteiger partial charge on any atom is 0.251 e. The number of carbonyl (C=O) groups is 1. The Morgan fingerprint density at radius 2 is 2.00 bits per heavy atom. The molecule has 1 aromatic carbocycles. The van der Waals surface area contributed by atoms with E-state index in [1.807, 2.05) is 19.2 Å². The molecule has 0 aromatic heterocycles. The summed E-state index contributed by atoms with van der Waals surface area (Å²) in [5.41, 5.74) is 1.61. The second-order valence-corrected chi connectivity index (χ2v) is 3.16. The Bertz CT molecular complexity index is 309. The molecule has 0 bridgehead atoms. The normalized spacial score (nSPS) is 9.73. The van der Waals surface area contributed by atoms with Crippen molar-refractivity contribution in [3.05, 3.63) is 29.8 Å². The fourth-order valence-corrected chi connectivity index (χ4v) is 1.17. The molecule has 0 saturated carbocycles. The molecule has 0 aliphatic heterocycles. The zero-order valence-electron chi connectivity index (χ0n) is 8.79. The van der Waals surface area contributed by atoms with Crippen LogP contribution >= 0.6 is 0 Å². The lowest BCUT2D eigenvalue weighted by Gasteiger charge is -2.05. The van der Waals surface area contributed by atoms with Gasteiger partial charge < -0.3 is 15.7 Å². The Balaban J connectivity index is 2.50. The number of amides is 1. The second kappa shape index (κ2) is 6.03. The lowest BCUT2D eigenvalue weighted by atomic mass is 10.2. The molecule has 0 spiro atoms. The minimum atomic E-state index is -0.105. The third-order valence-electron chi connectivity index (χ3n) is 2.06. The molecule has 0 atom stereocenters. The van der Waals surface area contributed by atoms with Gasteiger partial charge in [0.15, 0.2) is 0 Å². The van der Waals surface area contributed by atoms with Gasteiger partial charge in [-0.1, -0.05) is 0 Å². The first kappa shape index (κ1) is 11.5. The van der Waals surface area contributed by atoms with E-state index in [0.717, 1.165) is 5.69 Å². The van der Waals surface area contributed by atoms with Crippen molar-refractivity contribution in [2.24, 2.45) is 0 Å². The van der Waals surface area contributed by atoms with Crippen LogP contribution in [0.2, 0.25) is 0 Å². The van der Waals surface area contributed by atoms with E-state index in [1.165, 1.54) is 0 Å². The van der Waals surface area contributed by atoms with Gasteiger partial charge in [-0.2, -0.15) is 0 Å². The van der Waals surface area contributed by atoms with Gasteiger partial charge in [0.25, 0.3) is 5.91 Å². The van der Waals surface area contributed by atoms with Crippen LogP contribution < -0.4 is 10.6 Å². The standard InChI is InChI=1S/C11H16N2O2/c1-12-10-5-3-9(4-6-10)11(15)13-7-2-8-14/h3-6,12,14H,2,7-8H2,1H3,(H,13,15). The van der Waals surface area contributed by atoms with Crippen molar-refractivity contribution in [3.8, 4) is 0 Å². The van der Waals surface area contributed by atoms with Gasteiger partial charge in [-0.05, 0) is 30.7 Å². The van der Waals surface area contributed by atoms with E-state index in [9.17, 15) is 4.79 Å². The van der Waals surface area contributed by atoms with Gasteiger partial charge in [0.05, 0.1) is 0 Å². The van der Waals surface area contributed by atoms with Crippen molar-refractivity contribution < 1.29 is 9.90 Å². The molecule has 0 heterocycles. The molecule has 1 amide bonds. The second-order valence-electron chi connectivity index (χ2n) is 3.16. The topological polar surface area (TPSA) is 61.4 Å². The van der Waals surface area contributed by atoms with Crippen LogP contribution in [0.3, 0.4) is 0 Å². The maximum absolute atomic E-state index is 11.5. The van der Waals surface area contributed by atoms with Crippen LogP contribution in [0.25, 0.3) is 0 Å². The number of aliphatic hydroxyl groups is 1. The molecule has 82 valence electrons. The minimum Gasteiger partial charge on any atom is -0.396 e. The molecule has 0 unspecified atom stereocenters. The number of anilines is 1. The van der Waals surface area contributed by atoms with Gasteiger partial charge in [0.1, 0.15) is 0 Å². The number of aliphatic hydroxyl groups excluding tert-OH is 1. The molecule has 1 aromatic rings. The molecule has 3 N–H and O–H groups in total. The zero-order chi connectivity index (χ0) is 11.1. The molecular weight excluding hydrogens is 192 g/mol. The third kappa shape index (κ3) is 3.59. The molecular formula is C11H16N2O2. The molecule has 0 fully saturated rings. The first-order valence-corrected chi connectivity index (χ1v) is 4.95. The average molecular weight is 208 g/mol. The van der Waals surface area contributed by atoms with Crippen molar-refractivity contribution in [1.82, 2.24) is 5.32 Å². The summed E-state index contributed by atoms with van der Waals surface area (Å²) < 4.78 is 0. The predicted molar refractivity (Wildman–Crippen MR) is 60.0 cm³/mol. The molecule has 0 saturated heterocycles. The highest BCUT2D eigenvalue weighted by Gasteiger charge is 2.03. The number of carbonyl (C=O) groups excluding carboxylic acids is 1. The summed E-state index contributed by atoms with van der Waals surface area (Å²) in [4.78, 5) is 11.5. The van der Waals surface area contributed by atoms with E-state index < -0.39 is 0 Å². The smallest absolute Gasteiger partial charge is 0.251 e. The van der Waals surface area contributed by atoms with Crippen LogP contribution in [0.1, 0.15) is 16.8 Å². The van der Waals surface area contributed by atoms with Crippen LogP contribution in [0.5, 0.6) is 0 Å². The van der Waals surface area contributed by atoms with Gasteiger partial charge in [-0.3, -0.25) is 4.79 Å². The number of benzene rings is 1. The highest BCUT2D eigenvalue weighted by Crippen LogP contribution is 2.08. The fourth-order valence-electron chi connectivity index (χ4n) is 1.17. The van der Waals surface area contributed by atoms with Crippen LogP contribution in [-0.2, 0) is 0 Å². The predicted octanol–water partition coefficient (Wildman–Crippen LogP) is 0.840. The van der Waals surface area contributed by atoms with Crippen molar-refractivity contribution >= 4 is 11.6 Å². The van der Waals surface area contributed by atoms with Gasteiger partial charge >= 0.3 is 0 Å². The summed E-state index contributed by atoms with van der Waals surface area (Å²) in [6.45, 7) is 0.599. The molecule has 0 aliphatic carbocycles. The highest BCUT2D eigenvalue weighted by molar-refractivity contribution is 5.94. The Hall–Kier alpha value is -1.55. The molecule has 1 rings (SSSR count). The third-order valence-corrected chi connectivity index (χ3v) is 2.06. The number of hydrogen-bond acceptors (Lipinski definition) is 3. The molecule has 0 aliphatic rings. The zero-order valence-corrected chi connectivity index (χ0v) is 8.79. The number of rotatable bonds is 5. The van der Waals surface area contributed by atoms with Gasteiger partial charge in [-0.25, -0.2) is 0 Å². The quantitative estimate of drug-likeness (QED) is 0.628. The van der Waals surface area contributed by atoms with Crippen LogP contribution in [0.4, 0.5) is 5.69 Å². The van der Waals surface area contributed by atoms with Crippen molar-refractivity contribution in [1.29, 1.82) is 0 Å². The summed E-state index contributed by atoms with van der Waals surface area (Å²) in [5.74, 6) is -0.105. The maximum atomic E-state index is 11.5. The van der Waals surface area contributed by atoms with E-state index in [-0.39, 0.29) is 12.5 Å². The van der Waals surface area contributed by atoms with Gasteiger partial charge in [0, 0.05) is 31.5 Å². The van der Waals surface area contributed by atoms with E-state index in [2.05, 4.69) is 10.6 Å². The summed E-state index contributed by atoms with van der Waals surface area (Å²) in [7, 11) is 1.83. The SMILES string of the molecule is CNc1ccc(C(=O)NCCCO)cc1. The summed E-state index contributed by atoms with van der Waals surface area (Å²) in [6, 6.07) is 7.22. The lowest BCUT2D eigenvalue weighted by Crippen LogP contribution is -2.24. The Labute approximate surface area is 89.3 Å². The monoisotopic (exact) mass is 208 g/mol. The van der Waals surface area contributed by atoms with Crippen LogP contribution in [0, 0.1) is 0 Å². The Kier molecular flexibility index (Phi) is 4.63. The Morgan fingerprint density at radius 1 is 1.33 bits per heavy atom.